The number of rotatable bonds is 5. The first kappa shape index (κ1) is 21.2. The number of alkyl halides is 3. The molecule has 1 aromatic heterocycles. The third kappa shape index (κ3) is 5.16. The highest BCUT2D eigenvalue weighted by Gasteiger charge is 2.33. The van der Waals surface area contributed by atoms with Crippen LogP contribution in [0.15, 0.2) is 54.6 Å². The van der Waals surface area contributed by atoms with Crippen LogP contribution in [0.4, 0.5) is 30.6 Å². The molecule has 0 spiro atoms. The Kier molecular flexibility index (Phi) is 6.11. The number of aromatic nitrogens is 2. The topological polar surface area (TPSA) is 49.8 Å². The number of nitrogens with zero attached hydrogens (tertiary/aromatic N) is 2. The van der Waals surface area contributed by atoms with Crippen molar-refractivity contribution in [2.75, 3.05) is 10.6 Å². The van der Waals surface area contributed by atoms with Crippen molar-refractivity contribution >= 4 is 17.5 Å². The monoisotopic (exact) mass is 426 g/mol. The number of benzene rings is 2. The molecule has 4 nitrogen and oxygen atoms in total. The minimum absolute atomic E-state index is 0.136. The van der Waals surface area contributed by atoms with E-state index in [1.54, 1.807) is 12.1 Å². The molecule has 0 bridgehead atoms. The second-order valence-corrected chi connectivity index (χ2v) is 7.91. The Morgan fingerprint density at radius 3 is 2.35 bits per heavy atom. The highest BCUT2D eigenvalue weighted by Crippen LogP contribution is 2.35. The van der Waals surface area contributed by atoms with Crippen molar-refractivity contribution < 1.29 is 13.2 Å². The third-order valence-electron chi connectivity index (χ3n) is 5.64. The quantitative estimate of drug-likeness (QED) is 0.463. The van der Waals surface area contributed by atoms with E-state index in [0.29, 0.717) is 29.2 Å². The molecule has 2 N–H and O–H groups in total. The average molecular weight is 426 g/mol. The summed E-state index contributed by atoms with van der Waals surface area (Å²) in [7, 11) is 0. The number of hydrogen-bond donors (Lipinski definition) is 2. The van der Waals surface area contributed by atoms with E-state index in [-0.39, 0.29) is 5.56 Å². The molecule has 162 valence electrons. The van der Waals surface area contributed by atoms with Gasteiger partial charge in [-0.05, 0) is 37.5 Å². The summed E-state index contributed by atoms with van der Waals surface area (Å²) in [4.78, 5) is 9.24. The molecule has 0 saturated heterocycles. The van der Waals surface area contributed by atoms with Crippen molar-refractivity contribution in [3.8, 4) is 11.3 Å². The van der Waals surface area contributed by atoms with Crippen LogP contribution in [0.25, 0.3) is 11.3 Å². The molecule has 7 heteroatoms. The maximum Gasteiger partial charge on any atom is 0.416 e. The van der Waals surface area contributed by atoms with Crippen LogP contribution in [0.1, 0.15) is 43.2 Å². The Hall–Kier alpha value is -3.09. The Morgan fingerprint density at radius 2 is 1.65 bits per heavy atom. The maximum absolute atomic E-state index is 13.3. The minimum atomic E-state index is -4.41. The van der Waals surface area contributed by atoms with Gasteiger partial charge in [0.1, 0.15) is 5.82 Å². The van der Waals surface area contributed by atoms with E-state index in [2.05, 4.69) is 20.6 Å². The fraction of sp³-hybridized carbons (Fsp3) is 0.333. The normalized spacial score (nSPS) is 15.0. The van der Waals surface area contributed by atoms with Gasteiger partial charge in [0, 0.05) is 23.4 Å². The first-order valence-corrected chi connectivity index (χ1v) is 10.5. The smallest absolute Gasteiger partial charge is 0.351 e. The summed E-state index contributed by atoms with van der Waals surface area (Å²) in [5, 5.41) is 6.51. The lowest BCUT2D eigenvalue weighted by molar-refractivity contribution is -0.138. The summed E-state index contributed by atoms with van der Waals surface area (Å²) in [6.07, 6.45) is 1.30. The molecule has 1 saturated carbocycles. The molecular formula is C24H25F3N4. The fourth-order valence-corrected chi connectivity index (χ4v) is 3.98. The summed E-state index contributed by atoms with van der Waals surface area (Å²) in [6.45, 7) is 1.46. The molecular weight excluding hydrogens is 401 g/mol. The summed E-state index contributed by atoms with van der Waals surface area (Å²) >= 11 is 0. The Bertz CT molecular complexity index is 1030. The van der Waals surface area contributed by atoms with Gasteiger partial charge in [0.15, 0.2) is 0 Å². The summed E-state index contributed by atoms with van der Waals surface area (Å²) < 4.78 is 39.9. The van der Waals surface area contributed by atoms with E-state index in [0.717, 1.165) is 24.5 Å². The Balaban J connectivity index is 1.69. The number of anilines is 3. The first-order valence-electron chi connectivity index (χ1n) is 10.5. The van der Waals surface area contributed by atoms with Crippen molar-refractivity contribution in [1.82, 2.24) is 9.97 Å². The second-order valence-electron chi connectivity index (χ2n) is 7.91. The number of nitrogens with one attached hydrogen (secondary N) is 2. The summed E-state index contributed by atoms with van der Waals surface area (Å²) in [5.41, 5.74) is 1.48. The van der Waals surface area contributed by atoms with E-state index < -0.39 is 11.7 Å². The molecule has 2 aromatic carbocycles. The molecule has 1 fully saturated rings. The summed E-state index contributed by atoms with van der Waals surface area (Å²) in [5.74, 6) is 0.940. The van der Waals surface area contributed by atoms with Gasteiger partial charge in [-0.1, -0.05) is 55.7 Å². The minimum Gasteiger partial charge on any atom is -0.351 e. The zero-order valence-corrected chi connectivity index (χ0v) is 17.3. The van der Waals surface area contributed by atoms with Gasteiger partial charge < -0.3 is 10.6 Å². The Morgan fingerprint density at radius 1 is 0.903 bits per heavy atom. The molecule has 0 radical (unpaired) electrons. The van der Waals surface area contributed by atoms with Gasteiger partial charge in [0.25, 0.3) is 0 Å². The molecule has 1 heterocycles. The van der Waals surface area contributed by atoms with E-state index in [1.165, 1.54) is 32.3 Å². The third-order valence-corrected chi connectivity index (χ3v) is 5.64. The van der Waals surface area contributed by atoms with Crippen LogP contribution in [-0.4, -0.2) is 16.0 Å². The van der Waals surface area contributed by atoms with Crippen molar-refractivity contribution in [3.05, 3.63) is 65.7 Å². The second kappa shape index (κ2) is 8.96. The van der Waals surface area contributed by atoms with Crippen molar-refractivity contribution in [2.24, 2.45) is 0 Å². The fourth-order valence-electron chi connectivity index (χ4n) is 3.98. The molecule has 0 aliphatic heterocycles. The van der Waals surface area contributed by atoms with Crippen molar-refractivity contribution in [2.45, 2.75) is 51.2 Å². The molecule has 4 rings (SSSR count). The van der Waals surface area contributed by atoms with Crippen LogP contribution in [0.5, 0.6) is 0 Å². The Labute approximate surface area is 179 Å². The lowest BCUT2D eigenvalue weighted by Gasteiger charge is -2.23. The summed E-state index contributed by atoms with van der Waals surface area (Å²) in [6, 6.07) is 15.9. The van der Waals surface area contributed by atoms with E-state index in [9.17, 15) is 13.2 Å². The van der Waals surface area contributed by atoms with Crippen LogP contribution in [0.2, 0.25) is 0 Å². The van der Waals surface area contributed by atoms with Crippen LogP contribution >= 0.6 is 0 Å². The molecule has 1 aliphatic rings. The van der Waals surface area contributed by atoms with Crippen LogP contribution < -0.4 is 10.6 Å². The first-order chi connectivity index (χ1) is 14.9. The van der Waals surface area contributed by atoms with E-state index in [4.69, 9.17) is 0 Å². The largest absolute Gasteiger partial charge is 0.416 e. The van der Waals surface area contributed by atoms with Gasteiger partial charge in [-0.2, -0.15) is 18.2 Å². The lowest BCUT2D eigenvalue weighted by atomic mass is 9.96. The standard InChI is InChI=1S/C24H25F3N4/c1-16-19(24(25,26)27)13-8-14-20(16)29-22-15-21(17-9-4-2-5-10-17)30-23(31-22)28-18-11-6-3-7-12-18/h2,4-5,8-10,13-15,18H,3,6-7,11-12H2,1H3,(H2,28,29,30,31). The van der Waals surface area contributed by atoms with Crippen LogP contribution in [0, 0.1) is 6.92 Å². The van der Waals surface area contributed by atoms with Gasteiger partial charge in [-0.25, -0.2) is 4.98 Å². The van der Waals surface area contributed by atoms with Crippen LogP contribution in [-0.2, 0) is 6.18 Å². The van der Waals surface area contributed by atoms with E-state index in [1.807, 2.05) is 30.3 Å². The molecule has 0 amide bonds. The van der Waals surface area contributed by atoms with Crippen LogP contribution in [0.3, 0.4) is 0 Å². The highest BCUT2D eigenvalue weighted by molar-refractivity contribution is 5.69. The SMILES string of the molecule is Cc1c(Nc2cc(-c3ccccc3)nc(NC3CCCCC3)n2)cccc1C(F)(F)F. The molecule has 31 heavy (non-hydrogen) atoms. The lowest BCUT2D eigenvalue weighted by Crippen LogP contribution is -2.23. The zero-order valence-electron chi connectivity index (χ0n) is 17.3. The van der Waals surface area contributed by atoms with Crippen molar-refractivity contribution in [3.63, 3.8) is 0 Å². The van der Waals surface area contributed by atoms with Gasteiger partial charge in [-0.3, -0.25) is 0 Å². The predicted octanol–water partition coefficient (Wildman–Crippen LogP) is 6.96. The average Bonchev–Trinajstić information content (AvgIpc) is 2.75. The predicted molar refractivity (Wildman–Crippen MR) is 117 cm³/mol. The molecule has 0 atom stereocenters. The molecule has 1 aliphatic carbocycles. The molecule has 3 aromatic rings. The van der Waals surface area contributed by atoms with Gasteiger partial charge >= 0.3 is 6.18 Å². The number of halogens is 3. The zero-order chi connectivity index (χ0) is 21.8. The number of hydrogen-bond acceptors (Lipinski definition) is 4. The molecule has 0 unspecified atom stereocenters. The van der Waals surface area contributed by atoms with Gasteiger partial charge in [0.2, 0.25) is 5.95 Å². The van der Waals surface area contributed by atoms with E-state index >= 15 is 0 Å². The van der Waals surface area contributed by atoms with Gasteiger partial charge in [-0.15, -0.1) is 0 Å². The van der Waals surface area contributed by atoms with Gasteiger partial charge in [0.05, 0.1) is 11.3 Å². The highest BCUT2D eigenvalue weighted by atomic mass is 19.4. The maximum atomic E-state index is 13.3. The van der Waals surface area contributed by atoms with Crippen molar-refractivity contribution in [1.29, 1.82) is 0 Å².